The second-order valence-corrected chi connectivity index (χ2v) is 7.78. The van der Waals surface area contributed by atoms with E-state index in [0.29, 0.717) is 22.0 Å². The number of hydrogen-bond donors (Lipinski definition) is 1. The lowest BCUT2D eigenvalue weighted by Crippen LogP contribution is -2.14. The molecule has 0 aliphatic rings. The summed E-state index contributed by atoms with van der Waals surface area (Å²) in [4.78, 5) is 16.7. The Morgan fingerprint density at radius 1 is 0.967 bits per heavy atom. The topological polar surface area (TPSA) is 67.8 Å². The van der Waals surface area contributed by atoms with E-state index in [4.69, 9.17) is 0 Å². The molecule has 2 aromatic heterocycles. The molecule has 0 unspecified atom stereocenters. The Morgan fingerprint density at radius 3 is 2.30 bits per heavy atom. The maximum Gasteiger partial charge on any atom is 0.416 e. The van der Waals surface area contributed by atoms with Crippen molar-refractivity contribution in [3.05, 3.63) is 70.5 Å². The largest absolute Gasteiger partial charge is 0.416 e. The SMILES string of the molecule is O=C(Cc1csc(-c2ccc(C(F)(F)F)cc2)n1)Nc1ccc(-c2csnn2)cc1. The number of anilines is 1. The quantitative estimate of drug-likeness (QED) is 0.438. The highest BCUT2D eigenvalue weighted by atomic mass is 32.1. The highest BCUT2D eigenvalue weighted by Gasteiger charge is 2.30. The Hall–Kier alpha value is -3.11. The Morgan fingerprint density at radius 2 is 1.67 bits per heavy atom. The Labute approximate surface area is 177 Å². The summed E-state index contributed by atoms with van der Waals surface area (Å²) in [7, 11) is 0. The molecule has 0 saturated carbocycles. The molecule has 5 nitrogen and oxygen atoms in total. The zero-order chi connectivity index (χ0) is 21.1. The maximum atomic E-state index is 12.7. The first-order valence-electron chi connectivity index (χ1n) is 8.68. The van der Waals surface area contributed by atoms with Crippen molar-refractivity contribution in [3.63, 3.8) is 0 Å². The molecule has 4 aromatic rings. The van der Waals surface area contributed by atoms with E-state index in [1.165, 1.54) is 35.0 Å². The molecule has 152 valence electrons. The Balaban J connectivity index is 1.38. The van der Waals surface area contributed by atoms with Gasteiger partial charge in [0.1, 0.15) is 10.7 Å². The molecule has 0 atom stereocenters. The van der Waals surface area contributed by atoms with Crippen molar-refractivity contribution in [2.75, 3.05) is 5.32 Å². The summed E-state index contributed by atoms with van der Waals surface area (Å²) in [6, 6.07) is 12.1. The molecule has 0 bridgehead atoms. The molecule has 0 aliphatic carbocycles. The number of carbonyl (C=O) groups is 1. The summed E-state index contributed by atoms with van der Waals surface area (Å²) in [5.41, 5.74) is 2.74. The van der Waals surface area contributed by atoms with E-state index in [1.807, 2.05) is 17.5 Å². The molecule has 2 heterocycles. The van der Waals surface area contributed by atoms with E-state index in [-0.39, 0.29) is 12.3 Å². The number of alkyl halides is 3. The summed E-state index contributed by atoms with van der Waals surface area (Å²) in [6.07, 6.45) is -4.31. The zero-order valence-corrected chi connectivity index (χ0v) is 16.8. The summed E-state index contributed by atoms with van der Waals surface area (Å²) < 4.78 is 41.9. The normalized spacial score (nSPS) is 11.4. The van der Waals surface area contributed by atoms with Gasteiger partial charge in [0.2, 0.25) is 5.91 Å². The third-order valence-electron chi connectivity index (χ3n) is 4.18. The van der Waals surface area contributed by atoms with Crippen molar-refractivity contribution < 1.29 is 18.0 Å². The summed E-state index contributed by atoms with van der Waals surface area (Å²) in [5.74, 6) is -0.234. The molecule has 10 heteroatoms. The number of amides is 1. The lowest BCUT2D eigenvalue weighted by molar-refractivity contribution is -0.137. The van der Waals surface area contributed by atoms with Crippen molar-refractivity contribution >= 4 is 34.5 Å². The first-order valence-corrected chi connectivity index (χ1v) is 10.4. The average molecular weight is 446 g/mol. The standard InChI is InChI=1S/C20H13F3N4OS2/c21-20(22,23)14-5-1-13(2-6-14)19-25-16(10-29-19)9-18(28)24-15-7-3-12(4-8-15)17-11-30-27-26-17/h1-8,10-11H,9H2,(H,24,28). The van der Waals surface area contributed by atoms with Crippen molar-refractivity contribution in [2.45, 2.75) is 12.6 Å². The van der Waals surface area contributed by atoms with Gasteiger partial charge < -0.3 is 5.32 Å². The number of benzene rings is 2. The number of aromatic nitrogens is 3. The molecular weight excluding hydrogens is 433 g/mol. The maximum absolute atomic E-state index is 12.7. The molecule has 0 spiro atoms. The number of thiazole rings is 1. The van der Waals surface area contributed by atoms with Gasteiger partial charge in [0, 0.05) is 27.6 Å². The van der Waals surface area contributed by atoms with Crippen LogP contribution in [0.25, 0.3) is 21.8 Å². The molecule has 0 saturated heterocycles. The molecular formula is C20H13F3N4OS2. The third kappa shape index (κ3) is 4.71. The fourth-order valence-corrected chi connectivity index (χ4v) is 4.00. The number of rotatable bonds is 5. The number of nitrogens with zero attached hydrogens (tertiary/aromatic N) is 3. The van der Waals surface area contributed by atoms with E-state index < -0.39 is 11.7 Å². The van der Waals surface area contributed by atoms with Gasteiger partial charge in [-0.1, -0.05) is 28.8 Å². The van der Waals surface area contributed by atoms with Gasteiger partial charge in [0.05, 0.1) is 17.7 Å². The van der Waals surface area contributed by atoms with Crippen LogP contribution in [0.1, 0.15) is 11.3 Å². The highest BCUT2D eigenvalue weighted by molar-refractivity contribution is 7.13. The third-order valence-corrected chi connectivity index (χ3v) is 5.62. The van der Waals surface area contributed by atoms with Crippen LogP contribution in [0.2, 0.25) is 0 Å². The smallest absolute Gasteiger partial charge is 0.326 e. The van der Waals surface area contributed by atoms with Crippen LogP contribution in [0, 0.1) is 0 Å². The summed E-state index contributed by atoms with van der Waals surface area (Å²) in [5, 5.41) is 10.9. The zero-order valence-electron chi connectivity index (χ0n) is 15.2. The van der Waals surface area contributed by atoms with Crippen LogP contribution >= 0.6 is 22.9 Å². The van der Waals surface area contributed by atoms with Crippen LogP contribution in [-0.2, 0) is 17.4 Å². The first kappa shape index (κ1) is 20.2. The van der Waals surface area contributed by atoms with Crippen molar-refractivity contribution in [1.29, 1.82) is 0 Å². The van der Waals surface area contributed by atoms with Crippen molar-refractivity contribution in [1.82, 2.24) is 14.6 Å². The minimum atomic E-state index is -4.38. The van der Waals surface area contributed by atoms with Gasteiger partial charge in [0.25, 0.3) is 0 Å². The molecule has 1 amide bonds. The van der Waals surface area contributed by atoms with Crippen LogP contribution in [-0.4, -0.2) is 20.5 Å². The molecule has 0 aliphatic heterocycles. The van der Waals surface area contributed by atoms with E-state index in [0.717, 1.165) is 23.4 Å². The second-order valence-electron chi connectivity index (χ2n) is 6.31. The number of halogens is 3. The minimum absolute atomic E-state index is 0.0644. The lowest BCUT2D eigenvalue weighted by atomic mass is 10.1. The number of hydrogen-bond acceptors (Lipinski definition) is 6. The number of nitrogens with one attached hydrogen (secondary N) is 1. The van der Waals surface area contributed by atoms with Gasteiger partial charge >= 0.3 is 6.18 Å². The van der Waals surface area contributed by atoms with Gasteiger partial charge in [-0.25, -0.2) is 4.98 Å². The van der Waals surface area contributed by atoms with Crippen LogP contribution in [0.3, 0.4) is 0 Å². The lowest BCUT2D eigenvalue weighted by Gasteiger charge is -2.06. The minimum Gasteiger partial charge on any atom is -0.326 e. The average Bonchev–Trinajstić information content (AvgIpc) is 3.40. The Bertz CT molecular complexity index is 1140. The van der Waals surface area contributed by atoms with Gasteiger partial charge in [-0.3, -0.25) is 4.79 Å². The fourth-order valence-electron chi connectivity index (χ4n) is 2.71. The predicted octanol–water partition coefficient (Wildman–Crippen LogP) is 5.53. The highest BCUT2D eigenvalue weighted by Crippen LogP contribution is 2.32. The van der Waals surface area contributed by atoms with E-state index in [2.05, 4.69) is 19.9 Å². The summed E-state index contributed by atoms with van der Waals surface area (Å²) >= 11 is 2.55. The fraction of sp³-hybridized carbons (Fsp3) is 0.100. The molecule has 0 radical (unpaired) electrons. The predicted molar refractivity (Wildman–Crippen MR) is 110 cm³/mol. The molecule has 1 N–H and O–H groups in total. The van der Waals surface area contributed by atoms with E-state index in [1.54, 1.807) is 17.5 Å². The molecule has 4 rings (SSSR count). The molecule has 0 fully saturated rings. The van der Waals surface area contributed by atoms with Gasteiger partial charge in [0.15, 0.2) is 0 Å². The van der Waals surface area contributed by atoms with E-state index >= 15 is 0 Å². The van der Waals surface area contributed by atoms with Crippen molar-refractivity contribution in [3.8, 4) is 21.8 Å². The second kappa shape index (κ2) is 8.33. The van der Waals surface area contributed by atoms with Crippen LogP contribution in [0.4, 0.5) is 18.9 Å². The van der Waals surface area contributed by atoms with Crippen molar-refractivity contribution in [2.24, 2.45) is 0 Å². The van der Waals surface area contributed by atoms with Crippen LogP contribution in [0.15, 0.2) is 59.3 Å². The van der Waals surface area contributed by atoms with Gasteiger partial charge in [-0.2, -0.15) is 13.2 Å². The van der Waals surface area contributed by atoms with Crippen LogP contribution in [0.5, 0.6) is 0 Å². The van der Waals surface area contributed by atoms with Gasteiger partial charge in [-0.15, -0.1) is 16.4 Å². The monoisotopic (exact) mass is 446 g/mol. The Kier molecular flexibility index (Phi) is 5.60. The van der Waals surface area contributed by atoms with Crippen LogP contribution < -0.4 is 5.32 Å². The first-order chi connectivity index (χ1) is 14.4. The molecule has 30 heavy (non-hydrogen) atoms. The van der Waals surface area contributed by atoms with Gasteiger partial charge in [-0.05, 0) is 35.8 Å². The summed E-state index contributed by atoms with van der Waals surface area (Å²) in [6.45, 7) is 0. The van der Waals surface area contributed by atoms with E-state index in [9.17, 15) is 18.0 Å². The molecule has 2 aromatic carbocycles. The number of carbonyl (C=O) groups excluding carboxylic acids is 1.